The monoisotopic (exact) mass is 168 g/mol. The topological polar surface area (TPSA) is 24.7 Å². The van der Waals surface area contributed by atoms with Crippen molar-refractivity contribution >= 4 is 11.6 Å². The first-order valence-electron chi connectivity index (χ1n) is 4.07. The van der Waals surface area contributed by atoms with E-state index in [9.17, 15) is 0 Å². The minimum Gasteiger partial charge on any atom is -0.193 e. The van der Waals surface area contributed by atoms with Crippen molar-refractivity contribution in [2.45, 2.75) is 11.4 Å². The van der Waals surface area contributed by atoms with Gasteiger partial charge in [-0.2, -0.15) is 10.2 Å². The summed E-state index contributed by atoms with van der Waals surface area (Å²) in [5, 5.41) is 8.60. The van der Waals surface area contributed by atoms with Gasteiger partial charge in [-0.15, -0.1) is 11.6 Å². The van der Waals surface area contributed by atoms with Crippen LogP contribution >= 0.6 is 11.6 Å². The summed E-state index contributed by atoms with van der Waals surface area (Å²) < 4.78 is 0. The molecule has 3 aliphatic rings. The Labute approximate surface area is 70.3 Å². The highest BCUT2D eigenvalue weighted by atomic mass is 35.5. The van der Waals surface area contributed by atoms with Gasteiger partial charge in [-0.05, 0) is 0 Å². The number of halogens is 1. The molecule has 2 nitrogen and oxygen atoms in total. The van der Waals surface area contributed by atoms with Gasteiger partial charge in [-0.1, -0.05) is 12.2 Å². The maximum Gasteiger partial charge on any atom is 0.0837 e. The van der Waals surface area contributed by atoms with E-state index in [1.165, 1.54) is 0 Å². The molecule has 0 amide bonds. The molecule has 3 heteroatoms. The Morgan fingerprint density at radius 1 is 1.27 bits per heavy atom. The number of rotatable bonds is 0. The molecule has 0 aromatic heterocycles. The number of allylic oxidation sites excluding steroid dienone is 1. The Kier molecular flexibility index (Phi) is 1.05. The Bertz CT molecular complexity index is 248. The molecule has 0 N–H and O–H groups in total. The van der Waals surface area contributed by atoms with Gasteiger partial charge in [0.2, 0.25) is 0 Å². The Morgan fingerprint density at radius 2 is 2.09 bits per heavy atom. The predicted molar refractivity (Wildman–Crippen MR) is 42.8 cm³/mol. The molecule has 5 atom stereocenters. The standard InChI is InChI=1S/C8H9ClN2/c9-7-4-1-2-5(7)8-6(4)3-10-11-8/h1-2,4-8H,3H2/t4-,5-,6+,7?,8-/m1/s1. The molecule has 0 spiro atoms. The molecule has 0 radical (unpaired) electrons. The highest BCUT2D eigenvalue weighted by molar-refractivity contribution is 6.21. The van der Waals surface area contributed by atoms with Gasteiger partial charge in [-0.3, -0.25) is 0 Å². The molecule has 0 saturated heterocycles. The second kappa shape index (κ2) is 1.86. The molecule has 0 aromatic rings. The van der Waals surface area contributed by atoms with Crippen molar-refractivity contribution in [1.82, 2.24) is 0 Å². The van der Waals surface area contributed by atoms with Crippen LogP contribution in [0.2, 0.25) is 0 Å². The molecule has 3 rings (SSSR count). The van der Waals surface area contributed by atoms with E-state index in [-0.39, 0.29) is 0 Å². The van der Waals surface area contributed by atoms with Gasteiger partial charge in [0.25, 0.3) is 0 Å². The first-order valence-corrected chi connectivity index (χ1v) is 4.50. The Hall–Kier alpha value is -0.370. The van der Waals surface area contributed by atoms with Crippen LogP contribution in [0.4, 0.5) is 0 Å². The molecule has 58 valence electrons. The van der Waals surface area contributed by atoms with E-state index in [0.717, 1.165) is 6.54 Å². The molecular weight excluding hydrogens is 160 g/mol. The van der Waals surface area contributed by atoms with Gasteiger partial charge in [-0.25, -0.2) is 0 Å². The third-order valence-corrected chi connectivity index (χ3v) is 3.71. The summed E-state index contributed by atoms with van der Waals surface area (Å²) in [6, 6.07) is 0.424. The highest BCUT2D eigenvalue weighted by Crippen LogP contribution is 2.50. The van der Waals surface area contributed by atoms with Crippen molar-refractivity contribution in [3.63, 3.8) is 0 Å². The number of alkyl halides is 1. The molecule has 1 fully saturated rings. The normalized spacial score (nSPS) is 57.4. The number of fused-ring (bicyclic) bond motifs is 5. The molecule has 2 bridgehead atoms. The van der Waals surface area contributed by atoms with Crippen LogP contribution in [0.5, 0.6) is 0 Å². The second-order valence-corrected chi connectivity index (χ2v) is 4.08. The van der Waals surface area contributed by atoms with Crippen molar-refractivity contribution in [1.29, 1.82) is 0 Å². The van der Waals surface area contributed by atoms with E-state index in [1.54, 1.807) is 0 Å². The van der Waals surface area contributed by atoms with Gasteiger partial charge in [0.15, 0.2) is 0 Å². The predicted octanol–water partition coefficient (Wildman–Crippen LogP) is 1.86. The molecule has 1 saturated carbocycles. The van der Waals surface area contributed by atoms with E-state index >= 15 is 0 Å². The smallest absolute Gasteiger partial charge is 0.0837 e. The van der Waals surface area contributed by atoms with E-state index in [1.807, 2.05) is 0 Å². The highest BCUT2D eigenvalue weighted by Gasteiger charge is 2.52. The molecule has 1 heterocycles. The first kappa shape index (κ1) is 6.18. The maximum absolute atomic E-state index is 6.21. The lowest BCUT2D eigenvalue weighted by molar-refractivity contribution is 0.452. The van der Waals surface area contributed by atoms with Crippen molar-refractivity contribution in [3.05, 3.63) is 12.2 Å². The summed E-state index contributed by atoms with van der Waals surface area (Å²) in [4.78, 5) is 0. The van der Waals surface area contributed by atoms with Crippen LogP contribution in [-0.2, 0) is 0 Å². The van der Waals surface area contributed by atoms with Crippen molar-refractivity contribution in [2.24, 2.45) is 28.0 Å². The number of hydrogen-bond donors (Lipinski definition) is 0. The second-order valence-electron chi connectivity index (χ2n) is 3.58. The fourth-order valence-electron chi connectivity index (χ4n) is 2.55. The fourth-order valence-corrected chi connectivity index (χ4v) is 3.05. The van der Waals surface area contributed by atoms with Crippen LogP contribution in [0.1, 0.15) is 0 Å². The molecule has 11 heavy (non-hydrogen) atoms. The largest absolute Gasteiger partial charge is 0.193 e. The van der Waals surface area contributed by atoms with Crippen LogP contribution in [0.3, 0.4) is 0 Å². The van der Waals surface area contributed by atoms with Crippen molar-refractivity contribution in [2.75, 3.05) is 6.54 Å². The maximum atomic E-state index is 6.21. The van der Waals surface area contributed by atoms with Gasteiger partial charge in [0.05, 0.1) is 12.6 Å². The number of nitrogens with zero attached hydrogens (tertiary/aromatic N) is 2. The van der Waals surface area contributed by atoms with Crippen molar-refractivity contribution < 1.29 is 0 Å². The number of hydrogen-bond acceptors (Lipinski definition) is 2. The lowest BCUT2D eigenvalue weighted by Gasteiger charge is -2.14. The van der Waals surface area contributed by atoms with Crippen LogP contribution < -0.4 is 0 Å². The lowest BCUT2D eigenvalue weighted by atomic mass is 9.91. The summed E-state index contributed by atoms with van der Waals surface area (Å²) >= 11 is 6.21. The van der Waals surface area contributed by atoms with Gasteiger partial charge < -0.3 is 0 Å². The lowest BCUT2D eigenvalue weighted by Crippen LogP contribution is -2.20. The van der Waals surface area contributed by atoms with Crippen LogP contribution in [0.15, 0.2) is 22.4 Å². The molecule has 1 unspecified atom stereocenters. The Morgan fingerprint density at radius 3 is 2.91 bits per heavy atom. The summed E-state index contributed by atoms with van der Waals surface area (Å²) in [5.41, 5.74) is 0. The SMILES string of the molecule is ClC1[C@H]2C=C[C@@H]1[C@@H]1CN=N[C@@H]12. The average molecular weight is 169 g/mol. The summed E-state index contributed by atoms with van der Waals surface area (Å²) in [6.45, 7) is 0.902. The average Bonchev–Trinajstić information content (AvgIpc) is 2.61. The molecule has 2 aliphatic carbocycles. The van der Waals surface area contributed by atoms with Crippen molar-refractivity contribution in [3.8, 4) is 0 Å². The third kappa shape index (κ3) is 0.598. The zero-order valence-electron chi connectivity index (χ0n) is 6.02. The van der Waals surface area contributed by atoms with Crippen LogP contribution in [0.25, 0.3) is 0 Å². The van der Waals surface area contributed by atoms with E-state index in [4.69, 9.17) is 11.6 Å². The molecular formula is C8H9ClN2. The first-order chi connectivity index (χ1) is 5.38. The van der Waals surface area contributed by atoms with E-state index in [2.05, 4.69) is 22.4 Å². The minimum atomic E-state index is 0.309. The van der Waals surface area contributed by atoms with E-state index in [0.29, 0.717) is 29.2 Å². The fraction of sp³-hybridized carbons (Fsp3) is 0.750. The Balaban J connectivity index is 2.04. The van der Waals surface area contributed by atoms with Gasteiger partial charge in [0.1, 0.15) is 0 Å². The summed E-state index contributed by atoms with van der Waals surface area (Å²) in [7, 11) is 0. The molecule has 0 aromatic carbocycles. The van der Waals surface area contributed by atoms with E-state index < -0.39 is 0 Å². The quantitative estimate of drug-likeness (QED) is 0.390. The third-order valence-electron chi connectivity index (χ3n) is 3.13. The van der Waals surface area contributed by atoms with Gasteiger partial charge >= 0.3 is 0 Å². The zero-order valence-corrected chi connectivity index (χ0v) is 6.78. The van der Waals surface area contributed by atoms with Gasteiger partial charge in [0, 0.05) is 23.1 Å². The summed E-state index contributed by atoms with van der Waals surface area (Å²) in [6.07, 6.45) is 4.47. The summed E-state index contributed by atoms with van der Waals surface area (Å²) in [5.74, 6) is 1.67. The van der Waals surface area contributed by atoms with Crippen LogP contribution in [0, 0.1) is 17.8 Å². The number of azo groups is 1. The van der Waals surface area contributed by atoms with Crippen LogP contribution in [-0.4, -0.2) is 18.0 Å². The minimum absolute atomic E-state index is 0.309. The molecule has 1 aliphatic heterocycles. The zero-order chi connectivity index (χ0) is 7.42.